The van der Waals surface area contributed by atoms with Crippen LogP contribution in [0.25, 0.3) is 0 Å². The number of amides is 2. The average Bonchev–Trinajstić information content (AvgIpc) is 2.44. The van der Waals surface area contributed by atoms with Crippen LogP contribution in [0.15, 0.2) is 29.3 Å². The normalized spacial score (nSPS) is 11.6. The summed E-state index contributed by atoms with van der Waals surface area (Å²) in [5.74, 6) is 0.795. The lowest BCUT2D eigenvalue weighted by Crippen LogP contribution is -2.47. The molecule has 1 aromatic rings. The van der Waals surface area contributed by atoms with Crippen molar-refractivity contribution in [1.82, 2.24) is 16.0 Å². The van der Waals surface area contributed by atoms with Gasteiger partial charge in [0.2, 0.25) is 0 Å². The third kappa shape index (κ3) is 10.9. The van der Waals surface area contributed by atoms with Crippen LogP contribution in [0.4, 0.5) is 10.5 Å². The molecule has 0 radical (unpaired) electrons. The van der Waals surface area contributed by atoms with Crippen LogP contribution in [0, 0.1) is 0 Å². The van der Waals surface area contributed by atoms with Gasteiger partial charge in [-0.3, -0.25) is 0 Å². The lowest BCUT2D eigenvalue weighted by molar-refractivity contribution is 0.250. The van der Waals surface area contributed by atoms with Crippen LogP contribution in [0.5, 0.6) is 0 Å². The molecule has 0 saturated heterocycles. The highest BCUT2D eigenvalue weighted by atomic mass is 127. The highest BCUT2D eigenvalue weighted by Gasteiger charge is 2.11. The molecule has 1 aromatic carbocycles. The van der Waals surface area contributed by atoms with Crippen molar-refractivity contribution in [3.63, 3.8) is 0 Å². The van der Waals surface area contributed by atoms with E-state index in [9.17, 15) is 4.79 Å². The predicted molar refractivity (Wildman–Crippen MR) is 117 cm³/mol. The second kappa shape index (κ2) is 11.2. The Morgan fingerprint density at radius 1 is 1.16 bits per heavy atom. The number of urea groups is 1. The summed E-state index contributed by atoms with van der Waals surface area (Å²) < 4.78 is 0. The van der Waals surface area contributed by atoms with Gasteiger partial charge in [0.25, 0.3) is 0 Å². The number of nitrogens with zero attached hydrogens (tertiary/aromatic N) is 1. The van der Waals surface area contributed by atoms with E-state index in [0.29, 0.717) is 6.54 Å². The molecule has 1 rings (SSSR count). The molecule has 25 heavy (non-hydrogen) atoms. The van der Waals surface area contributed by atoms with Gasteiger partial charge in [0.1, 0.15) is 0 Å². The third-order valence-electron chi connectivity index (χ3n) is 2.89. The summed E-state index contributed by atoms with van der Waals surface area (Å²) in [6, 6.07) is 7.62. The van der Waals surface area contributed by atoms with Crippen molar-refractivity contribution in [2.75, 3.05) is 11.9 Å². The van der Waals surface area contributed by atoms with Gasteiger partial charge in [0, 0.05) is 23.8 Å². The molecule has 6 nitrogen and oxygen atoms in total. The van der Waals surface area contributed by atoms with Gasteiger partial charge in [0.15, 0.2) is 5.96 Å². The van der Waals surface area contributed by atoms with Crippen LogP contribution in [-0.2, 0) is 6.54 Å². The summed E-state index contributed by atoms with van der Waals surface area (Å²) in [4.78, 5) is 16.3. The van der Waals surface area contributed by atoms with E-state index in [-0.39, 0.29) is 41.6 Å². The van der Waals surface area contributed by atoms with Crippen molar-refractivity contribution in [3.05, 3.63) is 29.8 Å². The number of nitrogens with one attached hydrogen (secondary N) is 4. The van der Waals surface area contributed by atoms with Crippen molar-refractivity contribution >= 4 is 41.7 Å². The van der Waals surface area contributed by atoms with Crippen molar-refractivity contribution in [3.8, 4) is 0 Å². The fourth-order valence-corrected chi connectivity index (χ4v) is 1.96. The zero-order valence-electron chi connectivity index (χ0n) is 16.1. The largest absolute Gasteiger partial charge is 0.357 e. The van der Waals surface area contributed by atoms with E-state index in [4.69, 9.17) is 0 Å². The molecule has 0 aliphatic rings. The molecule has 4 N–H and O–H groups in total. The topological polar surface area (TPSA) is 77.5 Å². The van der Waals surface area contributed by atoms with Crippen molar-refractivity contribution < 1.29 is 4.79 Å². The minimum atomic E-state index is -0.195. The molecule has 0 saturated carbocycles. The van der Waals surface area contributed by atoms with E-state index >= 15 is 0 Å². The number of hydrogen-bond acceptors (Lipinski definition) is 2. The van der Waals surface area contributed by atoms with Gasteiger partial charge in [0.05, 0.1) is 6.54 Å². The smallest absolute Gasteiger partial charge is 0.319 e. The van der Waals surface area contributed by atoms with Crippen molar-refractivity contribution in [1.29, 1.82) is 0 Å². The summed E-state index contributed by atoms with van der Waals surface area (Å²) in [7, 11) is 0. The molecule has 2 amide bonds. The maximum Gasteiger partial charge on any atom is 0.319 e. The van der Waals surface area contributed by atoms with Crippen LogP contribution in [0.2, 0.25) is 0 Å². The minimum Gasteiger partial charge on any atom is -0.357 e. The molecular weight excluding hydrogens is 429 g/mol. The molecule has 0 bridgehead atoms. The number of rotatable bonds is 5. The van der Waals surface area contributed by atoms with Crippen LogP contribution >= 0.6 is 24.0 Å². The minimum absolute atomic E-state index is 0. The van der Waals surface area contributed by atoms with Crippen molar-refractivity contribution in [2.45, 2.75) is 59.7 Å². The van der Waals surface area contributed by atoms with Crippen LogP contribution < -0.4 is 21.3 Å². The molecule has 0 unspecified atom stereocenters. The average molecular weight is 461 g/mol. The highest BCUT2D eigenvalue weighted by molar-refractivity contribution is 14.0. The number of aliphatic imine (C=N–C) groups is 1. The van der Waals surface area contributed by atoms with Crippen molar-refractivity contribution in [2.24, 2.45) is 4.99 Å². The summed E-state index contributed by atoms with van der Waals surface area (Å²) in [6.07, 6.45) is 0. The molecule has 0 heterocycles. The maximum atomic E-state index is 11.7. The lowest BCUT2D eigenvalue weighted by atomic mass is 10.1. The predicted octanol–water partition coefficient (Wildman–Crippen LogP) is 3.69. The zero-order chi connectivity index (χ0) is 18.2. The monoisotopic (exact) mass is 461 g/mol. The molecule has 0 aliphatic carbocycles. The van der Waals surface area contributed by atoms with Crippen LogP contribution in [0.3, 0.4) is 0 Å². The Labute approximate surface area is 168 Å². The Hall–Kier alpha value is -1.51. The first kappa shape index (κ1) is 23.5. The van der Waals surface area contributed by atoms with Gasteiger partial charge in [-0.15, -0.1) is 24.0 Å². The molecule has 0 spiro atoms. The third-order valence-corrected chi connectivity index (χ3v) is 2.89. The Balaban J connectivity index is 0.00000576. The first-order chi connectivity index (χ1) is 11.2. The quantitative estimate of drug-likeness (QED) is 0.307. The Kier molecular flexibility index (Phi) is 10.5. The number of guanidine groups is 1. The van der Waals surface area contributed by atoms with E-state index in [0.717, 1.165) is 23.8 Å². The highest BCUT2D eigenvalue weighted by Crippen LogP contribution is 2.10. The molecule has 142 valence electrons. The van der Waals surface area contributed by atoms with E-state index < -0.39 is 0 Å². The van der Waals surface area contributed by atoms with Crippen LogP contribution in [-0.4, -0.2) is 30.1 Å². The second-order valence-electron chi connectivity index (χ2n) is 7.02. The molecule has 7 heteroatoms. The molecule has 0 atom stereocenters. The van der Waals surface area contributed by atoms with Gasteiger partial charge in [-0.05, 0) is 59.2 Å². The Bertz CT molecular complexity index is 550. The maximum absolute atomic E-state index is 11.7. The zero-order valence-corrected chi connectivity index (χ0v) is 18.4. The van der Waals surface area contributed by atoms with E-state index in [1.807, 2.05) is 45.0 Å². The first-order valence-electron chi connectivity index (χ1n) is 8.42. The molecule has 0 fully saturated rings. The van der Waals surface area contributed by atoms with Gasteiger partial charge in [-0.25, -0.2) is 9.79 Å². The Morgan fingerprint density at radius 2 is 1.76 bits per heavy atom. The van der Waals surface area contributed by atoms with Gasteiger partial charge in [-0.1, -0.05) is 12.1 Å². The molecule has 0 aromatic heterocycles. The fourth-order valence-electron chi connectivity index (χ4n) is 1.96. The van der Waals surface area contributed by atoms with Gasteiger partial charge >= 0.3 is 6.03 Å². The van der Waals surface area contributed by atoms with Gasteiger partial charge in [-0.2, -0.15) is 0 Å². The van der Waals surface area contributed by atoms with E-state index in [2.05, 4.69) is 47.0 Å². The van der Waals surface area contributed by atoms with Gasteiger partial charge < -0.3 is 21.3 Å². The number of benzene rings is 1. The van der Waals surface area contributed by atoms with E-state index in [1.165, 1.54) is 0 Å². The summed E-state index contributed by atoms with van der Waals surface area (Å²) >= 11 is 0. The lowest BCUT2D eigenvalue weighted by Gasteiger charge is -2.23. The SMILES string of the molecule is CCNC(=NCc1ccc(NC(=O)NC(C)C)cc1)NC(C)(C)C.I. The molecule has 0 aliphatic heterocycles. The second-order valence-corrected chi connectivity index (χ2v) is 7.02. The van der Waals surface area contributed by atoms with Crippen LogP contribution in [0.1, 0.15) is 47.1 Å². The summed E-state index contributed by atoms with van der Waals surface area (Å²) in [6.45, 7) is 13.6. The number of carbonyl (C=O) groups is 1. The first-order valence-corrected chi connectivity index (χ1v) is 8.42. The number of halogens is 1. The number of anilines is 1. The molecular formula is C18H32IN5O. The number of carbonyl (C=O) groups excluding carboxylic acids is 1. The standard InChI is InChI=1S/C18H31N5O.HI/c1-7-19-16(23-18(4,5)6)20-12-14-8-10-15(11-9-14)22-17(24)21-13(2)3;/h8-11,13H,7,12H2,1-6H3,(H2,19,20,23)(H2,21,22,24);1H. The summed E-state index contributed by atoms with van der Waals surface area (Å²) in [5.41, 5.74) is 1.80. The fraction of sp³-hybridized carbons (Fsp3) is 0.556. The Morgan fingerprint density at radius 3 is 2.24 bits per heavy atom. The number of hydrogen-bond donors (Lipinski definition) is 4. The summed E-state index contributed by atoms with van der Waals surface area (Å²) in [5, 5.41) is 12.2. The van der Waals surface area contributed by atoms with E-state index in [1.54, 1.807) is 0 Å².